The van der Waals surface area contributed by atoms with Crippen LogP contribution >= 0.6 is 23.2 Å². The molecule has 0 aromatic heterocycles. The minimum atomic E-state index is 0.529. The molecular weight excluding hydrogens is 282 g/mol. The summed E-state index contributed by atoms with van der Waals surface area (Å²) in [7, 11) is 1.22. The minimum absolute atomic E-state index is 0.529. The lowest BCUT2D eigenvalue weighted by atomic mass is 10.2. The monoisotopic (exact) mass is 293 g/mol. The number of halogens is 2. The number of hydrogen-bond acceptors (Lipinski definition) is 2. The fourth-order valence-corrected chi connectivity index (χ4v) is 1.85. The van der Waals surface area contributed by atoms with Gasteiger partial charge >= 0.3 is 7.69 Å². The first kappa shape index (κ1) is 14.1. The largest absolute Gasteiger partial charge is 0.658 e. The van der Waals surface area contributed by atoms with Crippen molar-refractivity contribution < 1.29 is 9.31 Å². The minimum Gasteiger partial charge on any atom is -0.525 e. The average Bonchev–Trinajstić information content (AvgIpc) is 2.38. The summed E-state index contributed by atoms with van der Waals surface area (Å²) < 4.78 is 10.8. The summed E-state index contributed by atoms with van der Waals surface area (Å²) in [5.41, 5.74) is 2.11. The predicted molar refractivity (Wildman–Crippen MR) is 79.4 cm³/mol. The molecule has 5 heteroatoms. The summed E-state index contributed by atoms with van der Waals surface area (Å²) >= 11 is 12.0. The van der Waals surface area contributed by atoms with Gasteiger partial charge in [0.2, 0.25) is 0 Å². The summed E-state index contributed by atoms with van der Waals surface area (Å²) in [6, 6.07) is 11.0. The molecule has 0 unspecified atom stereocenters. The van der Waals surface area contributed by atoms with Gasteiger partial charge in [-0.3, -0.25) is 0 Å². The zero-order valence-corrected chi connectivity index (χ0v) is 12.1. The van der Waals surface area contributed by atoms with Crippen molar-refractivity contribution in [3.63, 3.8) is 0 Å². The Balaban J connectivity index is 2.00. The molecule has 0 N–H and O–H groups in total. The number of hydrogen-bond donors (Lipinski definition) is 0. The molecule has 0 amide bonds. The Bertz CT molecular complexity index is 536. The van der Waals surface area contributed by atoms with E-state index in [0.29, 0.717) is 21.5 Å². The van der Waals surface area contributed by atoms with Crippen LogP contribution in [0.4, 0.5) is 0 Å². The summed E-state index contributed by atoms with van der Waals surface area (Å²) in [4.78, 5) is 0. The highest BCUT2D eigenvalue weighted by atomic mass is 35.5. The Morgan fingerprint density at radius 3 is 1.63 bits per heavy atom. The SMILES string of the molecule is Cc1ccc(Cl)c(O[B]Oc2cc(C)ccc2Cl)c1. The predicted octanol–water partition coefficient (Wildman–Crippen LogP) is 4.60. The van der Waals surface area contributed by atoms with Gasteiger partial charge in [-0.25, -0.2) is 0 Å². The van der Waals surface area contributed by atoms with E-state index in [4.69, 9.17) is 32.5 Å². The molecule has 97 valence electrons. The van der Waals surface area contributed by atoms with E-state index in [2.05, 4.69) is 0 Å². The van der Waals surface area contributed by atoms with E-state index in [1.165, 1.54) is 7.69 Å². The zero-order valence-electron chi connectivity index (χ0n) is 10.6. The van der Waals surface area contributed by atoms with E-state index in [1.807, 2.05) is 38.1 Å². The van der Waals surface area contributed by atoms with Crippen molar-refractivity contribution in [3.05, 3.63) is 57.6 Å². The number of rotatable bonds is 4. The second kappa shape index (κ2) is 6.22. The molecule has 0 saturated carbocycles. The van der Waals surface area contributed by atoms with Crippen LogP contribution in [-0.2, 0) is 0 Å². The van der Waals surface area contributed by atoms with Crippen molar-refractivity contribution in [1.29, 1.82) is 0 Å². The molecule has 0 spiro atoms. The molecule has 2 aromatic carbocycles. The maximum absolute atomic E-state index is 6.01. The molecule has 2 rings (SSSR count). The molecule has 0 heterocycles. The lowest BCUT2D eigenvalue weighted by molar-refractivity contribution is 0.459. The first-order chi connectivity index (χ1) is 9.06. The van der Waals surface area contributed by atoms with Crippen LogP contribution in [0.15, 0.2) is 36.4 Å². The first-order valence-corrected chi connectivity index (χ1v) is 6.49. The second-order valence-electron chi connectivity index (χ2n) is 4.20. The smallest absolute Gasteiger partial charge is 0.525 e. The Morgan fingerprint density at radius 2 is 1.21 bits per heavy atom. The van der Waals surface area contributed by atoms with Crippen molar-refractivity contribution in [1.82, 2.24) is 0 Å². The van der Waals surface area contributed by atoms with Gasteiger partial charge < -0.3 is 9.31 Å². The summed E-state index contributed by atoms with van der Waals surface area (Å²) in [5, 5.41) is 1.06. The van der Waals surface area contributed by atoms with Gasteiger partial charge in [-0.15, -0.1) is 0 Å². The van der Waals surface area contributed by atoms with Gasteiger partial charge in [-0.1, -0.05) is 35.3 Å². The van der Waals surface area contributed by atoms with Crippen molar-refractivity contribution in [2.24, 2.45) is 0 Å². The number of benzene rings is 2. The van der Waals surface area contributed by atoms with Gasteiger partial charge in [-0.2, -0.15) is 0 Å². The molecule has 0 fully saturated rings. The molecule has 0 atom stereocenters. The highest BCUT2D eigenvalue weighted by Gasteiger charge is 2.08. The number of aryl methyl sites for hydroxylation is 2. The molecule has 0 aliphatic heterocycles. The van der Waals surface area contributed by atoms with Crippen LogP contribution < -0.4 is 9.31 Å². The standard InChI is InChI=1S/C14H12BCl2O2/c1-9-3-5-11(16)13(7-9)18-15-19-14-8-10(2)4-6-12(14)17/h3-8H,1-2H3. The maximum atomic E-state index is 6.01. The summed E-state index contributed by atoms with van der Waals surface area (Å²) in [6.45, 7) is 3.92. The third kappa shape index (κ3) is 3.82. The Hall–Kier alpha value is -1.32. The Labute approximate surface area is 123 Å². The second-order valence-corrected chi connectivity index (χ2v) is 5.01. The fourth-order valence-electron chi connectivity index (χ4n) is 1.53. The van der Waals surface area contributed by atoms with E-state index < -0.39 is 0 Å². The summed E-state index contributed by atoms with van der Waals surface area (Å²) in [6.07, 6.45) is 0. The average molecular weight is 294 g/mol. The van der Waals surface area contributed by atoms with Crippen LogP contribution in [0, 0.1) is 13.8 Å². The summed E-state index contributed by atoms with van der Waals surface area (Å²) in [5.74, 6) is 1.09. The van der Waals surface area contributed by atoms with Gasteiger partial charge in [0, 0.05) is 0 Å². The zero-order chi connectivity index (χ0) is 13.8. The lowest BCUT2D eigenvalue weighted by Gasteiger charge is -2.10. The van der Waals surface area contributed by atoms with Gasteiger partial charge in [-0.05, 0) is 49.2 Å². The van der Waals surface area contributed by atoms with E-state index in [-0.39, 0.29) is 0 Å². The van der Waals surface area contributed by atoms with E-state index in [1.54, 1.807) is 12.1 Å². The highest BCUT2D eigenvalue weighted by Crippen LogP contribution is 2.27. The molecule has 0 bridgehead atoms. The third-order valence-corrected chi connectivity index (χ3v) is 3.15. The van der Waals surface area contributed by atoms with Crippen molar-refractivity contribution in [3.8, 4) is 11.5 Å². The van der Waals surface area contributed by atoms with Crippen LogP contribution in [0.2, 0.25) is 10.0 Å². The Kier molecular flexibility index (Phi) is 4.62. The fraction of sp³-hybridized carbons (Fsp3) is 0.143. The molecule has 2 nitrogen and oxygen atoms in total. The van der Waals surface area contributed by atoms with Crippen molar-refractivity contribution in [2.75, 3.05) is 0 Å². The molecular formula is C14H12BCl2O2. The molecule has 0 aliphatic carbocycles. The van der Waals surface area contributed by atoms with Crippen molar-refractivity contribution in [2.45, 2.75) is 13.8 Å². The molecule has 2 aromatic rings. The van der Waals surface area contributed by atoms with Gasteiger partial charge in [0.1, 0.15) is 11.5 Å². The highest BCUT2D eigenvalue weighted by molar-refractivity contribution is 6.33. The topological polar surface area (TPSA) is 18.5 Å². The Morgan fingerprint density at radius 1 is 0.789 bits per heavy atom. The van der Waals surface area contributed by atoms with Crippen LogP contribution in [-0.4, -0.2) is 7.69 Å². The van der Waals surface area contributed by atoms with Gasteiger partial charge in [0.05, 0.1) is 10.0 Å². The van der Waals surface area contributed by atoms with E-state index in [0.717, 1.165) is 11.1 Å². The lowest BCUT2D eigenvalue weighted by Crippen LogP contribution is -2.11. The van der Waals surface area contributed by atoms with E-state index in [9.17, 15) is 0 Å². The third-order valence-electron chi connectivity index (χ3n) is 2.52. The molecule has 0 aliphatic rings. The quantitative estimate of drug-likeness (QED) is 0.767. The van der Waals surface area contributed by atoms with Crippen LogP contribution in [0.1, 0.15) is 11.1 Å². The van der Waals surface area contributed by atoms with Crippen molar-refractivity contribution >= 4 is 30.9 Å². The molecule has 0 saturated heterocycles. The van der Waals surface area contributed by atoms with Crippen LogP contribution in [0.5, 0.6) is 11.5 Å². The first-order valence-electron chi connectivity index (χ1n) is 5.73. The normalized spacial score (nSPS) is 10.1. The molecule has 1 radical (unpaired) electrons. The van der Waals surface area contributed by atoms with Gasteiger partial charge in [0.25, 0.3) is 0 Å². The van der Waals surface area contributed by atoms with Gasteiger partial charge in [0.15, 0.2) is 0 Å². The molecule has 19 heavy (non-hydrogen) atoms. The van der Waals surface area contributed by atoms with Crippen LogP contribution in [0.25, 0.3) is 0 Å². The maximum Gasteiger partial charge on any atom is 0.658 e. The van der Waals surface area contributed by atoms with Crippen LogP contribution in [0.3, 0.4) is 0 Å². The van der Waals surface area contributed by atoms with E-state index >= 15 is 0 Å².